The molecule has 1 aliphatic heterocycles. The molecule has 0 radical (unpaired) electrons. The lowest BCUT2D eigenvalue weighted by Gasteiger charge is -2.42. The Bertz CT molecular complexity index is 1470. The van der Waals surface area contributed by atoms with Crippen LogP contribution in [0.3, 0.4) is 0 Å². The molecule has 1 aromatic heterocycles. The third kappa shape index (κ3) is 5.27. The van der Waals surface area contributed by atoms with Crippen molar-refractivity contribution >= 4 is 29.0 Å². The lowest BCUT2D eigenvalue weighted by molar-refractivity contribution is -0.122. The molecule has 0 atom stereocenters. The first-order valence-corrected chi connectivity index (χ1v) is 14.3. The van der Waals surface area contributed by atoms with Crippen molar-refractivity contribution in [3.8, 4) is 16.9 Å². The standard InChI is InChI=1S/C33H36N2O3S/c1-21-17-26-27(33(4,5)14-13-32(26,2)3)20-24(21)25-18-22(10-11-28(25)38-6)19-29-30(36)35(31(37)39-29)16-12-23-9-7-8-15-34-23/h7-11,15,17-20H,12-14,16H2,1-6H3/b29-19-. The normalized spacial score (nSPS) is 18.9. The van der Waals surface area contributed by atoms with Crippen molar-refractivity contribution in [1.82, 2.24) is 9.88 Å². The van der Waals surface area contributed by atoms with Gasteiger partial charge in [0.25, 0.3) is 11.1 Å². The van der Waals surface area contributed by atoms with Crippen molar-refractivity contribution in [1.29, 1.82) is 0 Å². The Balaban J connectivity index is 1.48. The van der Waals surface area contributed by atoms with E-state index in [4.69, 9.17) is 4.74 Å². The number of benzene rings is 2. The molecule has 0 N–H and O–H groups in total. The molecule has 1 fully saturated rings. The maximum atomic E-state index is 13.1. The van der Waals surface area contributed by atoms with Gasteiger partial charge < -0.3 is 4.74 Å². The smallest absolute Gasteiger partial charge is 0.293 e. The first kappa shape index (κ1) is 27.2. The molecule has 0 spiro atoms. The molecule has 5 nitrogen and oxygen atoms in total. The predicted octanol–water partition coefficient (Wildman–Crippen LogP) is 7.69. The summed E-state index contributed by atoms with van der Waals surface area (Å²) in [7, 11) is 1.69. The number of imide groups is 1. The van der Waals surface area contributed by atoms with Crippen molar-refractivity contribution in [3.63, 3.8) is 0 Å². The maximum absolute atomic E-state index is 13.1. The third-order valence-electron chi connectivity index (χ3n) is 8.20. The number of methoxy groups -OCH3 is 1. The van der Waals surface area contributed by atoms with Crippen molar-refractivity contribution < 1.29 is 14.3 Å². The van der Waals surface area contributed by atoms with E-state index in [0.29, 0.717) is 17.9 Å². The Hall–Kier alpha value is -3.38. The van der Waals surface area contributed by atoms with E-state index >= 15 is 0 Å². The number of aryl methyl sites for hydroxylation is 1. The van der Waals surface area contributed by atoms with E-state index in [2.05, 4.69) is 57.8 Å². The highest BCUT2D eigenvalue weighted by molar-refractivity contribution is 8.18. The zero-order valence-electron chi connectivity index (χ0n) is 23.6. The summed E-state index contributed by atoms with van der Waals surface area (Å²) in [5, 5.41) is -0.244. The van der Waals surface area contributed by atoms with E-state index in [1.165, 1.54) is 28.0 Å². The van der Waals surface area contributed by atoms with Crippen molar-refractivity contribution in [2.45, 2.75) is 64.7 Å². The van der Waals surface area contributed by atoms with Crippen LogP contribution in [0.2, 0.25) is 0 Å². The second kappa shape index (κ2) is 10.3. The molecule has 2 aliphatic rings. The van der Waals surface area contributed by atoms with Gasteiger partial charge in [-0.3, -0.25) is 19.5 Å². The van der Waals surface area contributed by atoms with Crippen LogP contribution in [0.5, 0.6) is 5.75 Å². The first-order chi connectivity index (χ1) is 18.5. The van der Waals surface area contributed by atoms with E-state index in [0.717, 1.165) is 46.3 Å². The van der Waals surface area contributed by atoms with Crippen LogP contribution in [0.4, 0.5) is 4.79 Å². The monoisotopic (exact) mass is 540 g/mol. The Morgan fingerprint density at radius 1 is 0.974 bits per heavy atom. The summed E-state index contributed by atoms with van der Waals surface area (Å²) in [6.07, 6.45) is 6.37. The van der Waals surface area contributed by atoms with Gasteiger partial charge in [-0.2, -0.15) is 0 Å². The molecule has 2 amide bonds. The second-order valence-corrected chi connectivity index (χ2v) is 12.8. The van der Waals surface area contributed by atoms with Crippen molar-refractivity contribution in [2.24, 2.45) is 0 Å². The Labute approximate surface area is 235 Å². The van der Waals surface area contributed by atoms with Crippen LogP contribution in [0, 0.1) is 6.92 Å². The van der Waals surface area contributed by atoms with E-state index in [1.807, 2.05) is 36.4 Å². The zero-order chi connectivity index (χ0) is 27.9. The average molecular weight is 541 g/mol. The quantitative estimate of drug-likeness (QED) is 0.300. The fourth-order valence-electron chi connectivity index (χ4n) is 5.65. The van der Waals surface area contributed by atoms with Gasteiger partial charge in [-0.15, -0.1) is 0 Å². The lowest BCUT2D eigenvalue weighted by Crippen LogP contribution is -2.34. The summed E-state index contributed by atoms with van der Waals surface area (Å²) in [5.74, 6) is 0.527. The molecule has 6 heteroatoms. The molecule has 2 heterocycles. The maximum Gasteiger partial charge on any atom is 0.293 e. The van der Waals surface area contributed by atoms with Gasteiger partial charge in [0.1, 0.15) is 5.75 Å². The summed E-state index contributed by atoms with van der Waals surface area (Å²) in [6, 6.07) is 16.3. The number of ether oxygens (including phenoxy) is 1. The number of amides is 2. The van der Waals surface area contributed by atoms with Gasteiger partial charge in [0.2, 0.25) is 0 Å². The van der Waals surface area contributed by atoms with E-state index in [9.17, 15) is 9.59 Å². The minimum Gasteiger partial charge on any atom is -0.496 e. The predicted molar refractivity (Wildman–Crippen MR) is 159 cm³/mol. The topological polar surface area (TPSA) is 59.5 Å². The minimum absolute atomic E-state index is 0.0894. The van der Waals surface area contributed by atoms with E-state index in [-0.39, 0.29) is 22.0 Å². The summed E-state index contributed by atoms with van der Waals surface area (Å²) in [6.45, 7) is 11.8. The number of rotatable bonds is 6. The van der Waals surface area contributed by atoms with Crippen LogP contribution in [-0.2, 0) is 22.0 Å². The Morgan fingerprint density at radius 2 is 1.69 bits per heavy atom. The van der Waals surface area contributed by atoms with Crippen LogP contribution < -0.4 is 4.74 Å². The summed E-state index contributed by atoms with van der Waals surface area (Å²) >= 11 is 0.992. The summed E-state index contributed by atoms with van der Waals surface area (Å²) in [4.78, 5) is 31.9. The van der Waals surface area contributed by atoms with Crippen molar-refractivity contribution in [3.05, 3.63) is 87.6 Å². The molecular formula is C33H36N2O3S. The number of fused-ring (bicyclic) bond motifs is 1. The number of carbonyl (C=O) groups excluding carboxylic acids is 2. The highest BCUT2D eigenvalue weighted by atomic mass is 32.2. The van der Waals surface area contributed by atoms with Crippen LogP contribution in [0.1, 0.15) is 68.5 Å². The molecule has 2 aromatic carbocycles. The van der Waals surface area contributed by atoms with Gasteiger partial charge in [0, 0.05) is 30.4 Å². The number of aromatic nitrogens is 1. The van der Waals surface area contributed by atoms with Gasteiger partial charge in [-0.1, -0.05) is 45.9 Å². The molecule has 202 valence electrons. The average Bonchev–Trinajstić information content (AvgIpc) is 3.17. The number of nitrogens with zero attached hydrogens (tertiary/aromatic N) is 2. The Kier molecular flexibility index (Phi) is 7.19. The van der Waals surface area contributed by atoms with Crippen LogP contribution >= 0.6 is 11.8 Å². The van der Waals surface area contributed by atoms with E-state index < -0.39 is 0 Å². The van der Waals surface area contributed by atoms with Gasteiger partial charge in [0.05, 0.1) is 12.0 Å². The molecular weight excluding hydrogens is 504 g/mol. The molecule has 0 saturated carbocycles. The van der Waals surface area contributed by atoms with Crippen LogP contribution in [0.25, 0.3) is 17.2 Å². The zero-order valence-corrected chi connectivity index (χ0v) is 24.4. The van der Waals surface area contributed by atoms with Crippen LogP contribution in [0.15, 0.2) is 59.6 Å². The van der Waals surface area contributed by atoms with Gasteiger partial charge in [-0.05, 0) is 107 Å². The lowest BCUT2D eigenvalue weighted by atomic mass is 9.62. The van der Waals surface area contributed by atoms with Crippen LogP contribution in [-0.4, -0.2) is 34.7 Å². The number of carbonyl (C=O) groups is 2. The number of hydrogen-bond acceptors (Lipinski definition) is 5. The fraction of sp³-hybridized carbons (Fsp3) is 0.364. The molecule has 1 saturated heterocycles. The summed E-state index contributed by atoms with van der Waals surface area (Å²) < 4.78 is 5.78. The molecule has 1 aliphatic carbocycles. The number of hydrogen-bond donors (Lipinski definition) is 0. The summed E-state index contributed by atoms with van der Waals surface area (Å²) in [5.41, 5.74) is 8.08. The molecule has 0 unspecified atom stereocenters. The van der Waals surface area contributed by atoms with Gasteiger partial charge in [-0.25, -0.2) is 0 Å². The van der Waals surface area contributed by atoms with E-state index in [1.54, 1.807) is 13.3 Å². The molecule has 5 rings (SSSR count). The SMILES string of the molecule is COc1ccc(/C=C2\SC(=O)N(CCc3ccccn3)C2=O)cc1-c1cc2c(cc1C)C(C)(C)CCC2(C)C. The van der Waals surface area contributed by atoms with Gasteiger partial charge in [0.15, 0.2) is 0 Å². The highest BCUT2D eigenvalue weighted by Gasteiger charge is 2.38. The number of thioether (sulfide) groups is 1. The largest absolute Gasteiger partial charge is 0.496 e. The fourth-order valence-corrected chi connectivity index (χ4v) is 6.52. The molecule has 39 heavy (non-hydrogen) atoms. The first-order valence-electron chi connectivity index (χ1n) is 13.5. The molecule has 0 bridgehead atoms. The second-order valence-electron chi connectivity index (χ2n) is 11.8. The third-order valence-corrected chi connectivity index (χ3v) is 9.11. The minimum atomic E-state index is -0.257. The highest BCUT2D eigenvalue weighted by Crippen LogP contribution is 2.48. The van der Waals surface area contributed by atoms with Gasteiger partial charge >= 0.3 is 0 Å². The Morgan fingerprint density at radius 3 is 2.36 bits per heavy atom. The van der Waals surface area contributed by atoms with Crippen molar-refractivity contribution in [2.75, 3.05) is 13.7 Å². The molecule has 3 aromatic rings. The number of pyridine rings is 1.